The third-order valence-corrected chi connectivity index (χ3v) is 5.81. The Morgan fingerprint density at radius 1 is 0.727 bits per heavy atom. The van der Waals surface area contributed by atoms with Crippen molar-refractivity contribution >= 4 is 16.0 Å². The van der Waals surface area contributed by atoms with Crippen molar-refractivity contribution < 1.29 is 0 Å². The van der Waals surface area contributed by atoms with E-state index in [0.29, 0.717) is 0 Å². The third kappa shape index (κ3) is 4.17. The minimum atomic E-state index is 0.754. The van der Waals surface area contributed by atoms with Crippen LogP contribution in [0.15, 0.2) is 24.3 Å². The van der Waals surface area contributed by atoms with Gasteiger partial charge in [0, 0.05) is 12.1 Å². The van der Waals surface area contributed by atoms with Crippen molar-refractivity contribution in [1.82, 2.24) is 9.62 Å². The minimum Gasteiger partial charge on any atom is -0.346 e. The lowest BCUT2D eigenvalue weighted by Crippen LogP contribution is -2.39. The molecule has 2 aliphatic heterocycles. The number of nitrogens with zero attached hydrogens (tertiary/aromatic N) is 2. The Hall–Kier alpha value is -0.730. The summed E-state index contributed by atoms with van der Waals surface area (Å²) in [5.41, 5.74) is 3.03. The van der Waals surface area contributed by atoms with Crippen molar-refractivity contribution in [1.29, 1.82) is 0 Å². The molecule has 4 heteroatoms. The maximum atomic E-state index is 2.55. The van der Waals surface area contributed by atoms with E-state index in [2.05, 4.69) is 49.8 Å². The highest BCUT2D eigenvalue weighted by atomic mass is 15.1. The van der Waals surface area contributed by atoms with Gasteiger partial charge in [0.25, 0.3) is 0 Å². The predicted octanol–water partition coefficient (Wildman–Crippen LogP) is 1.58. The first kappa shape index (κ1) is 16.1. The second-order valence-corrected chi connectivity index (χ2v) is 7.49. The van der Waals surface area contributed by atoms with E-state index in [-0.39, 0.29) is 0 Å². The number of hydrogen-bond donors (Lipinski definition) is 0. The Bertz CT molecular complexity index is 420. The molecule has 2 nitrogen and oxygen atoms in total. The first-order chi connectivity index (χ1) is 10.7. The molecule has 2 atom stereocenters. The second-order valence-electron chi connectivity index (χ2n) is 7.49. The van der Waals surface area contributed by atoms with E-state index >= 15 is 0 Å². The van der Waals surface area contributed by atoms with E-state index in [4.69, 9.17) is 0 Å². The summed E-state index contributed by atoms with van der Waals surface area (Å²) in [6, 6.07) is 11.0. The zero-order valence-electron chi connectivity index (χ0n) is 14.4. The lowest BCUT2D eigenvalue weighted by atomic mass is 9.91. The maximum Gasteiger partial charge on any atom is 0.185 e. The summed E-state index contributed by atoms with van der Waals surface area (Å²) in [4.78, 5) is 5.10. The van der Waals surface area contributed by atoms with Gasteiger partial charge in [-0.05, 0) is 62.7 Å². The molecule has 0 aromatic heterocycles. The van der Waals surface area contributed by atoms with Gasteiger partial charge in [-0.3, -0.25) is 0 Å². The van der Waals surface area contributed by atoms with Gasteiger partial charge < -0.3 is 9.62 Å². The predicted molar refractivity (Wildman–Crippen MR) is 99.6 cm³/mol. The van der Waals surface area contributed by atoms with Crippen LogP contribution >= 0.6 is 0 Å². The number of piperidine rings is 2. The SMILES string of the molecule is BN1CCCCC1Cc1ccc(CC2CCCCN2B)cc1. The zero-order valence-corrected chi connectivity index (χ0v) is 14.4. The van der Waals surface area contributed by atoms with Crippen molar-refractivity contribution in [2.45, 2.75) is 63.5 Å². The number of rotatable bonds is 4. The average Bonchev–Trinajstić information content (AvgIpc) is 2.54. The first-order valence-electron chi connectivity index (χ1n) is 9.20. The van der Waals surface area contributed by atoms with Crippen molar-refractivity contribution in [3.05, 3.63) is 35.4 Å². The second kappa shape index (κ2) is 7.70. The Balaban J connectivity index is 1.55. The van der Waals surface area contributed by atoms with E-state index in [1.165, 1.54) is 75.6 Å². The molecule has 2 unspecified atom stereocenters. The summed E-state index contributed by atoms with van der Waals surface area (Å²) in [6.07, 6.45) is 10.7. The van der Waals surface area contributed by atoms with Crippen LogP contribution in [0, 0.1) is 0 Å². The molecule has 1 aromatic carbocycles. The van der Waals surface area contributed by atoms with Crippen LogP contribution in [0.2, 0.25) is 0 Å². The van der Waals surface area contributed by atoms with Crippen molar-refractivity contribution in [3.63, 3.8) is 0 Å². The Labute approximate surface area is 138 Å². The van der Waals surface area contributed by atoms with Gasteiger partial charge >= 0.3 is 0 Å². The van der Waals surface area contributed by atoms with E-state index in [1.807, 2.05) is 0 Å². The van der Waals surface area contributed by atoms with Gasteiger partial charge in [0.2, 0.25) is 0 Å². The van der Waals surface area contributed by atoms with Crippen LogP contribution in [0.5, 0.6) is 0 Å². The topological polar surface area (TPSA) is 6.48 Å². The zero-order chi connectivity index (χ0) is 15.4. The van der Waals surface area contributed by atoms with Crippen LogP contribution in [-0.2, 0) is 12.8 Å². The minimum absolute atomic E-state index is 0.754. The van der Waals surface area contributed by atoms with Gasteiger partial charge in [-0.2, -0.15) is 0 Å². The molecule has 0 amide bonds. The van der Waals surface area contributed by atoms with E-state index in [9.17, 15) is 0 Å². The van der Waals surface area contributed by atoms with E-state index in [0.717, 1.165) is 12.1 Å². The summed E-state index contributed by atoms with van der Waals surface area (Å²) >= 11 is 0. The molecule has 2 heterocycles. The third-order valence-electron chi connectivity index (χ3n) is 5.81. The fourth-order valence-corrected chi connectivity index (χ4v) is 4.16. The molecule has 3 rings (SSSR count). The first-order valence-corrected chi connectivity index (χ1v) is 9.20. The van der Waals surface area contributed by atoms with Crippen LogP contribution in [-0.4, -0.2) is 50.8 Å². The summed E-state index contributed by atoms with van der Waals surface area (Å²) in [5.74, 6) is 0. The number of hydrogen-bond acceptors (Lipinski definition) is 2. The molecule has 0 radical (unpaired) electrons. The Kier molecular flexibility index (Phi) is 5.65. The molecule has 0 bridgehead atoms. The fraction of sp³-hybridized carbons (Fsp3) is 0.667. The standard InChI is InChI=1S/C18H30B2N2/c19-21-11-3-1-5-17(21)13-15-7-9-16(10-8-15)14-18-6-2-4-12-22(18)20/h7-10,17-18H,1-6,11-14,19-20H2. The molecule has 22 heavy (non-hydrogen) atoms. The number of benzene rings is 1. The largest absolute Gasteiger partial charge is 0.346 e. The lowest BCUT2D eigenvalue weighted by molar-refractivity contribution is 0.260. The summed E-state index contributed by atoms with van der Waals surface area (Å²) < 4.78 is 0. The van der Waals surface area contributed by atoms with Crippen LogP contribution in [0.25, 0.3) is 0 Å². The summed E-state index contributed by atoms with van der Waals surface area (Å²) in [5, 5.41) is 0. The van der Waals surface area contributed by atoms with Crippen molar-refractivity contribution in [2.75, 3.05) is 13.1 Å². The van der Waals surface area contributed by atoms with Crippen LogP contribution in [0.1, 0.15) is 49.7 Å². The fourth-order valence-electron chi connectivity index (χ4n) is 4.16. The van der Waals surface area contributed by atoms with Gasteiger partial charge in [0.05, 0.1) is 0 Å². The molecule has 0 N–H and O–H groups in total. The van der Waals surface area contributed by atoms with Gasteiger partial charge in [-0.15, -0.1) is 0 Å². The molecule has 2 fully saturated rings. The lowest BCUT2D eigenvalue weighted by Gasteiger charge is -2.33. The average molecular weight is 296 g/mol. The van der Waals surface area contributed by atoms with Gasteiger partial charge in [0.15, 0.2) is 16.0 Å². The monoisotopic (exact) mass is 296 g/mol. The van der Waals surface area contributed by atoms with E-state index in [1.54, 1.807) is 0 Å². The molecule has 1 aromatic rings. The van der Waals surface area contributed by atoms with Crippen LogP contribution < -0.4 is 0 Å². The molecule has 0 spiro atoms. The molecule has 118 valence electrons. The molecule has 2 aliphatic rings. The highest BCUT2D eigenvalue weighted by Crippen LogP contribution is 2.21. The highest BCUT2D eigenvalue weighted by Gasteiger charge is 2.20. The molecular weight excluding hydrogens is 266 g/mol. The van der Waals surface area contributed by atoms with Gasteiger partial charge in [0.1, 0.15) is 0 Å². The maximum absolute atomic E-state index is 2.55. The summed E-state index contributed by atoms with van der Waals surface area (Å²) in [6.45, 7) is 2.55. The molecule has 0 aliphatic carbocycles. The smallest absolute Gasteiger partial charge is 0.185 e. The molecular formula is C18H30B2N2. The highest BCUT2D eigenvalue weighted by molar-refractivity contribution is 6.04. The van der Waals surface area contributed by atoms with Crippen LogP contribution in [0.4, 0.5) is 0 Å². The Morgan fingerprint density at radius 2 is 1.14 bits per heavy atom. The van der Waals surface area contributed by atoms with Crippen molar-refractivity contribution in [2.24, 2.45) is 0 Å². The molecule has 2 saturated heterocycles. The quantitative estimate of drug-likeness (QED) is 0.778. The van der Waals surface area contributed by atoms with Gasteiger partial charge in [-0.1, -0.05) is 37.1 Å². The van der Waals surface area contributed by atoms with E-state index < -0.39 is 0 Å². The van der Waals surface area contributed by atoms with Crippen molar-refractivity contribution in [3.8, 4) is 0 Å². The van der Waals surface area contributed by atoms with Gasteiger partial charge in [-0.25, -0.2) is 0 Å². The molecule has 0 saturated carbocycles. The summed E-state index contributed by atoms with van der Waals surface area (Å²) in [7, 11) is 4.58. The van der Waals surface area contributed by atoms with Crippen LogP contribution in [0.3, 0.4) is 0 Å². The normalized spacial score (nSPS) is 27.8. The Morgan fingerprint density at radius 3 is 1.50 bits per heavy atom.